The van der Waals surface area contributed by atoms with E-state index in [1.165, 1.54) is 7.11 Å². The summed E-state index contributed by atoms with van der Waals surface area (Å²) in [5, 5.41) is 10.6. The van der Waals surface area contributed by atoms with E-state index in [0.29, 0.717) is 18.1 Å². The van der Waals surface area contributed by atoms with Gasteiger partial charge in [0, 0.05) is 24.4 Å². The Labute approximate surface area is 137 Å². The van der Waals surface area contributed by atoms with Crippen LogP contribution in [0.4, 0.5) is 0 Å². The molecule has 126 valence electrons. The maximum absolute atomic E-state index is 11.9. The molecule has 2 N–H and O–H groups in total. The second kappa shape index (κ2) is 7.43. The van der Waals surface area contributed by atoms with E-state index in [4.69, 9.17) is 9.26 Å². The summed E-state index contributed by atoms with van der Waals surface area (Å²) in [7, 11) is 0.0417. The molecule has 0 spiro atoms. The molecule has 0 saturated heterocycles. The molecule has 6 heteroatoms. The largest absolute Gasteiger partial charge is 0.507 e. The number of cyclic esters (lactones) is 1. The molecule has 0 aromatic heterocycles. The molecule has 1 atom stereocenters. The fraction of sp³-hybridized carbons (Fsp3) is 0.471. The van der Waals surface area contributed by atoms with Gasteiger partial charge in [-0.25, -0.2) is 4.79 Å². The molecule has 23 heavy (non-hydrogen) atoms. The number of rotatable bonds is 6. The van der Waals surface area contributed by atoms with Crippen molar-refractivity contribution in [3.63, 3.8) is 0 Å². The van der Waals surface area contributed by atoms with Crippen molar-refractivity contribution in [2.45, 2.75) is 40.2 Å². The number of carbonyl (C=O) groups excluding carboxylic acids is 1. The number of phenolic OH excluding ortho intramolecular Hbond substituents is 1. The summed E-state index contributed by atoms with van der Waals surface area (Å²) in [6.07, 6.45) is 3.72. The van der Waals surface area contributed by atoms with Crippen molar-refractivity contribution >= 4 is 14.3 Å². The van der Waals surface area contributed by atoms with Gasteiger partial charge < -0.3 is 19.3 Å². The summed E-state index contributed by atoms with van der Waals surface area (Å²) in [5.41, 5.74) is 4.94. The standard InChI is InChI=1S/C17H23O5P/c1-5-12-11(3)14-8-22-17(19)15(14)16(18)13(12)7-6-10(2)9-23(20)21-4/h6,18,20H,5,7-9H2,1-4H3/b10-6+. The second-order valence-electron chi connectivity index (χ2n) is 5.66. The van der Waals surface area contributed by atoms with Crippen LogP contribution in [0.25, 0.3) is 0 Å². The van der Waals surface area contributed by atoms with Crippen molar-refractivity contribution in [3.05, 3.63) is 39.5 Å². The van der Waals surface area contributed by atoms with E-state index in [9.17, 15) is 14.8 Å². The fourth-order valence-corrected chi connectivity index (χ4v) is 3.64. The van der Waals surface area contributed by atoms with Gasteiger partial charge >= 0.3 is 5.97 Å². The zero-order valence-electron chi connectivity index (χ0n) is 14.0. The minimum atomic E-state index is -1.44. The number of carbonyl (C=O) groups is 1. The minimum absolute atomic E-state index is 0.0343. The van der Waals surface area contributed by atoms with Crippen molar-refractivity contribution in [2.75, 3.05) is 13.3 Å². The van der Waals surface area contributed by atoms with Gasteiger partial charge in [0.05, 0.1) is 0 Å². The van der Waals surface area contributed by atoms with E-state index in [0.717, 1.165) is 34.2 Å². The van der Waals surface area contributed by atoms with Crippen molar-refractivity contribution in [1.29, 1.82) is 0 Å². The van der Waals surface area contributed by atoms with Crippen molar-refractivity contribution in [1.82, 2.24) is 0 Å². The van der Waals surface area contributed by atoms with Crippen LogP contribution in [-0.4, -0.2) is 29.2 Å². The first-order valence-corrected chi connectivity index (χ1v) is 8.99. The van der Waals surface area contributed by atoms with E-state index in [-0.39, 0.29) is 12.4 Å². The van der Waals surface area contributed by atoms with Crippen molar-refractivity contribution in [2.24, 2.45) is 0 Å². The Morgan fingerprint density at radius 1 is 1.43 bits per heavy atom. The van der Waals surface area contributed by atoms with Gasteiger partial charge in [-0.15, -0.1) is 0 Å². The Morgan fingerprint density at radius 2 is 2.13 bits per heavy atom. The maximum Gasteiger partial charge on any atom is 0.342 e. The SMILES string of the molecule is CCc1c(C)c2c(c(O)c1C/C=C(\C)CP(O)OC)C(=O)OC2. The Morgan fingerprint density at radius 3 is 2.74 bits per heavy atom. The van der Waals surface area contributed by atoms with Gasteiger partial charge in [0.15, 0.2) is 8.38 Å². The number of aromatic hydroxyl groups is 1. The zero-order valence-corrected chi connectivity index (χ0v) is 14.9. The van der Waals surface area contributed by atoms with Gasteiger partial charge in [-0.05, 0) is 37.8 Å². The Bertz CT molecular complexity index is 651. The highest BCUT2D eigenvalue weighted by Crippen LogP contribution is 2.38. The van der Waals surface area contributed by atoms with Crippen LogP contribution in [0.2, 0.25) is 0 Å². The van der Waals surface area contributed by atoms with E-state index in [1.807, 2.05) is 26.8 Å². The Kier molecular flexibility index (Phi) is 5.79. The molecule has 0 saturated carbocycles. The van der Waals surface area contributed by atoms with E-state index >= 15 is 0 Å². The first kappa shape index (κ1) is 17.9. The molecule has 0 fully saturated rings. The molecule has 1 aliphatic heterocycles. The third-order valence-corrected chi connectivity index (χ3v) is 5.44. The molecule has 1 aromatic carbocycles. The summed E-state index contributed by atoms with van der Waals surface area (Å²) in [6, 6.07) is 0. The maximum atomic E-state index is 11.9. The number of phenols is 1. The van der Waals surface area contributed by atoms with Gasteiger partial charge in [0.25, 0.3) is 0 Å². The number of benzene rings is 1. The summed E-state index contributed by atoms with van der Waals surface area (Å²) in [5.74, 6) is -0.421. The lowest BCUT2D eigenvalue weighted by Gasteiger charge is -2.16. The molecule has 1 heterocycles. The predicted octanol–water partition coefficient (Wildman–Crippen LogP) is 3.37. The highest BCUT2D eigenvalue weighted by molar-refractivity contribution is 7.46. The molecule has 0 aliphatic carbocycles. The molecular weight excluding hydrogens is 315 g/mol. The first-order valence-electron chi connectivity index (χ1n) is 7.60. The summed E-state index contributed by atoms with van der Waals surface area (Å²) in [6.45, 7) is 6.15. The summed E-state index contributed by atoms with van der Waals surface area (Å²) < 4.78 is 9.98. The van der Waals surface area contributed by atoms with E-state index in [2.05, 4.69) is 0 Å². The lowest BCUT2D eigenvalue weighted by Crippen LogP contribution is -2.04. The highest BCUT2D eigenvalue weighted by atomic mass is 31.2. The number of hydrogen-bond acceptors (Lipinski definition) is 5. The fourth-order valence-electron chi connectivity index (χ4n) is 2.96. The highest BCUT2D eigenvalue weighted by Gasteiger charge is 2.30. The molecule has 5 nitrogen and oxygen atoms in total. The van der Waals surface area contributed by atoms with Crippen LogP contribution in [0, 0.1) is 6.92 Å². The molecule has 1 aliphatic rings. The Hall–Kier alpha value is -1.42. The average molecular weight is 338 g/mol. The molecule has 2 rings (SSSR count). The van der Waals surface area contributed by atoms with Gasteiger partial charge in [0.2, 0.25) is 0 Å². The van der Waals surface area contributed by atoms with Crippen LogP contribution < -0.4 is 0 Å². The van der Waals surface area contributed by atoms with E-state index < -0.39 is 14.3 Å². The third kappa shape index (κ3) is 3.57. The quantitative estimate of drug-likeness (QED) is 0.472. The minimum Gasteiger partial charge on any atom is -0.507 e. The lowest BCUT2D eigenvalue weighted by molar-refractivity contribution is 0.0533. The number of esters is 1. The van der Waals surface area contributed by atoms with Gasteiger partial charge in [-0.3, -0.25) is 0 Å². The van der Waals surface area contributed by atoms with Crippen LogP contribution in [0.15, 0.2) is 11.6 Å². The summed E-state index contributed by atoms with van der Waals surface area (Å²) >= 11 is 0. The van der Waals surface area contributed by atoms with Crippen molar-refractivity contribution < 1.29 is 24.1 Å². The van der Waals surface area contributed by atoms with Gasteiger partial charge in [0.1, 0.15) is 17.9 Å². The smallest absolute Gasteiger partial charge is 0.342 e. The second-order valence-corrected chi connectivity index (χ2v) is 7.05. The van der Waals surface area contributed by atoms with Crippen LogP contribution in [0.5, 0.6) is 5.75 Å². The molecule has 0 bridgehead atoms. The van der Waals surface area contributed by atoms with Gasteiger partial charge in [-0.2, -0.15) is 0 Å². The van der Waals surface area contributed by atoms with Crippen LogP contribution in [-0.2, 0) is 28.7 Å². The predicted molar refractivity (Wildman–Crippen MR) is 89.8 cm³/mol. The van der Waals surface area contributed by atoms with Gasteiger partial charge in [-0.1, -0.05) is 18.6 Å². The normalized spacial score (nSPS) is 15.5. The molecular formula is C17H23O5P. The number of allylic oxidation sites excluding steroid dienone is 2. The average Bonchev–Trinajstić information content (AvgIpc) is 2.91. The monoisotopic (exact) mass is 338 g/mol. The lowest BCUT2D eigenvalue weighted by atomic mass is 9.89. The van der Waals surface area contributed by atoms with Crippen LogP contribution >= 0.6 is 8.38 Å². The third-order valence-electron chi connectivity index (χ3n) is 4.25. The molecule has 1 aromatic rings. The molecule has 0 amide bonds. The molecule has 1 unspecified atom stereocenters. The Balaban J connectivity index is 2.39. The first-order chi connectivity index (χ1) is 10.9. The number of ether oxygens (including phenoxy) is 1. The zero-order chi connectivity index (χ0) is 17.1. The summed E-state index contributed by atoms with van der Waals surface area (Å²) in [4.78, 5) is 21.4. The van der Waals surface area contributed by atoms with Crippen LogP contribution in [0.3, 0.4) is 0 Å². The van der Waals surface area contributed by atoms with Crippen LogP contribution in [0.1, 0.15) is 46.5 Å². The topological polar surface area (TPSA) is 76.0 Å². The number of fused-ring (bicyclic) bond motifs is 1. The number of hydrogen-bond donors (Lipinski definition) is 2. The molecule has 0 radical (unpaired) electrons. The van der Waals surface area contributed by atoms with E-state index in [1.54, 1.807) is 0 Å². The van der Waals surface area contributed by atoms with Crippen molar-refractivity contribution in [3.8, 4) is 5.75 Å².